The second-order valence-corrected chi connectivity index (χ2v) is 6.07. The van der Waals surface area contributed by atoms with Gasteiger partial charge in [-0.2, -0.15) is 5.10 Å². The number of hydrogen-bond acceptors (Lipinski definition) is 5. The van der Waals surface area contributed by atoms with Crippen molar-refractivity contribution in [3.63, 3.8) is 0 Å². The van der Waals surface area contributed by atoms with Crippen molar-refractivity contribution in [2.75, 3.05) is 5.32 Å². The molecule has 0 saturated carbocycles. The van der Waals surface area contributed by atoms with Gasteiger partial charge in [0.1, 0.15) is 12.1 Å². The molecule has 2 aromatic carbocycles. The van der Waals surface area contributed by atoms with Crippen LogP contribution in [0.4, 0.5) is 5.82 Å². The van der Waals surface area contributed by atoms with Gasteiger partial charge in [-0.05, 0) is 41.1 Å². The number of benzene rings is 2. The molecule has 27 heavy (non-hydrogen) atoms. The van der Waals surface area contributed by atoms with Gasteiger partial charge in [-0.3, -0.25) is 4.79 Å². The molecule has 0 unspecified atom stereocenters. The Morgan fingerprint density at radius 1 is 1.07 bits per heavy atom. The lowest BCUT2D eigenvalue weighted by Gasteiger charge is -2.10. The van der Waals surface area contributed by atoms with Crippen molar-refractivity contribution >= 4 is 11.7 Å². The van der Waals surface area contributed by atoms with Crippen LogP contribution >= 0.6 is 0 Å². The van der Waals surface area contributed by atoms with Crippen LogP contribution in [0.2, 0.25) is 0 Å². The maximum absolute atomic E-state index is 12.7. The number of hydrogen-bond donors (Lipinski definition) is 1. The third-order valence-corrected chi connectivity index (χ3v) is 4.04. The summed E-state index contributed by atoms with van der Waals surface area (Å²) in [5.41, 5.74) is 3.16. The van der Waals surface area contributed by atoms with E-state index < -0.39 is 0 Å². The minimum atomic E-state index is -0.223. The molecular formula is C19H17N7O. The van der Waals surface area contributed by atoms with Crippen molar-refractivity contribution in [3.05, 3.63) is 83.8 Å². The van der Waals surface area contributed by atoms with Gasteiger partial charge in [0.2, 0.25) is 0 Å². The van der Waals surface area contributed by atoms with Gasteiger partial charge in [0.05, 0.1) is 17.9 Å². The summed E-state index contributed by atoms with van der Waals surface area (Å²) in [6.07, 6.45) is 1.48. The first kappa shape index (κ1) is 16.6. The number of rotatable bonds is 5. The van der Waals surface area contributed by atoms with Gasteiger partial charge in [-0.15, -0.1) is 5.10 Å². The summed E-state index contributed by atoms with van der Waals surface area (Å²) in [4.78, 5) is 12.7. The molecule has 0 fully saturated rings. The molecule has 4 rings (SSSR count). The van der Waals surface area contributed by atoms with Gasteiger partial charge >= 0.3 is 0 Å². The van der Waals surface area contributed by atoms with E-state index in [4.69, 9.17) is 0 Å². The summed E-state index contributed by atoms with van der Waals surface area (Å²) in [5.74, 6) is 0.424. The molecule has 0 atom stereocenters. The standard InChI is InChI=1S/C19H17N7O/c1-14-10-18(25(22-14)12-15-6-3-2-4-7-15)21-19(27)16-8-5-9-17(11-16)26-13-20-23-24-26/h2-11,13H,12H2,1H3,(H,21,27). The molecule has 8 nitrogen and oxygen atoms in total. The number of nitrogens with zero attached hydrogens (tertiary/aromatic N) is 6. The molecule has 1 N–H and O–H groups in total. The fourth-order valence-electron chi connectivity index (χ4n) is 2.78. The van der Waals surface area contributed by atoms with Crippen molar-refractivity contribution in [3.8, 4) is 5.69 Å². The van der Waals surface area contributed by atoms with Gasteiger partial charge < -0.3 is 5.32 Å². The topological polar surface area (TPSA) is 90.5 Å². The second kappa shape index (κ2) is 7.20. The van der Waals surface area contributed by atoms with E-state index >= 15 is 0 Å². The molecule has 2 heterocycles. The van der Waals surface area contributed by atoms with E-state index in [1.807, 2.05) is 49.4 Å². The number of tetrazole rings is 1. The lowest BCUT2D eigenvalue weighted by Crippen LogP contribution is -2.16. The fourth-order valence-corrected chi connectivity index (χ4v) is 2.78. The van der Waals surface area contributed by atoms with Crippen LogP contribution in [-0.4, -0.2) is 35.9 Å². The Morgan fingerprint density at radius 2 is 1.93 bits per heavy atom. The van der Waals surface area contributed by atoms with Gasteiger partial charge in [-0.25, -0.2) is 9.36 Å². The molecule has 1 amide bonds. The number of carbonyl (C=O) groups excluding carboxylic acids is 1. The zero-order valence-electron chi connectivity index (χ0n) is 14.6. The van der Waals surface area contributed by atoms with Crippen LogP contribution in [0.25, 0.3) is 5.69 Å². The van der Waals surface area contributed by atoms with E-state index in [9.17, 15) is 4.79 Å². The first-order valence-electron chi connectivity index (χ1n) is 8.42. The highest BCUT2D eigenvalue weighted by Crippen LogP contribution is 2.16. The summed E-state index contributed by atoms with van der Waals surface area (Å²) in [7, 11) is 0. The third-order valence-electron chi connectivity index (χ3n) is 4.04. The van der Waals surface area contributed by atoms with Crippen molar-refractivity contribution < 1.29 is 4.79 Å². The number of anilines is 1. The lowest BCUT2D eigenvalue weighted by molar-refractivity contribution is 0.102. The van der Waals surface area contributed by atoms with Gasteiger partial charge in [0, 0.05) is 11.6 Å². The third kappa shape index (κ3) is 3.74. The SMILES string of the molecule is Cc1cc(NC(=O)c2cccc(-n3cnnn3)c2)n(Cc2ccccc2)n1. The Morgan fingerprint density at radius 3 is 2.70 bits per heavy atom. The normalized spacial score (nSPS) is 10.7. The minimum absolute atomic E-state index is 0.223. The van der Waals surface area contributed by atoms with Crippen molar-refractivity contribution in [1.29, 1.82) is 0 Å². The van der Waals surface area contributed by atoms with Crippen LogP contribution in [0, 0.1) is 6.92 Å². The zero-order chi connectivity index (χ0) is 18.6. The smallest absolute Gasteiger partial charge is 0.256 e. The Balaban J connectivity index is 1.56. The molecule has 0 aliphatic heterocycles. The predicted octanol–water partition coefficient (Wildman–Crippen LogP) is 2.47. The number of carbonyl (C=O) groups is 1. The molecule has 0 aliphatic carbocycles. The minimum Gasteiger partial charge on any atom is -0.307 e. The number of amides is 1. The van der Waals surface area contributed by atoms with E-state index in [0.717, 1.165) is 11.3 Å². The number of aromatic nitrogens is 6. The van der Waals surface area contributed by atoms with E-state index in [1.54, 1.807) is 22.9 Å². The second-order valence-electron chi connectivity index (χ2n) is 6.07. The maximum atomic E-state index is 12.7. The van der Waals surface area contributed by atoms with E-state index in [1.165, 1.54) is 11.0 Å². The van der Waals surface area contributed by atoms with Crippen LogP contribution in [0.1, 0.15) is 21.6 Å². The molecule has 0 aliphatic rings. The monoisotopic (exact) mass is 359 g/mol. The molecule has 0 spiro atoms. The molecule has 134 valence electrons. The predicted molar refractivity (Wildman–Crippen MR) is 99.6 cm³/mol. The van der Waals surface area contributed by atoms with Crippen LogP contribution in [0.15, 0.2) is 67.0 Å². The summed E-state index contributed by atoms with van der Waals surface area (Å²) in [6.45, 7) is 2.48. The van der Waals surface area contributed by atoms with E-state index in [2.05, 4.69) is 25.9 Å². The summed E-state index contributed by atoms with van der Waals surface area (Å²) < 4.78 is 3.29. The Bertz CT molecular complexity index is 1050. The molecule has 0 radical (unpaired) electrons. The van der Waals surface area contributed by atoms with Crippen molar-refractivity contribution in [2.24, 2.45) is 0 Å². The molecule has 2 aromatic heterocycles. The largest absolute Gasteiger partial charge is 0.307 e. The summed E-state index contributed by atoms with van der Waals surface area (Å²) in [5, 5.41) is 18.5. The number of nitrogens with one attached hydrogen (secondary N) is 1. The average molecular weight is 359 g/mol. The molecule has 8 heteroatoms. The van der Waals surface area contributed by atoms with Crippen LogP contribution in [0.3, 0.4) is 0 Å². The Hall–Kier alpha value is -3.81. The lowest BCUT2D eigenvalue weighted by atomic mass is 10.2. The van der Waals surface area contributed by atoms with Crippen LogP contribution < -0.4 is 5.32 Å². The van der Waals surface area contributed by atoms with Gasteiger partial charge in [-0.1, -0.05) is 36.4 Å². The van der Waals surface area contributed by atoms with E-state index in [0.29, 0.717) is 23.6 Å². The van der Waals surface area contributed by atoms with Gasteiger partial charge in [0.15, 0.2) is 0 Å². The molecule has 4 aromatic rings. The quantitative estimate of drug-likeness (QED) is 0.591. The van der Waals surface area contributed by atoms with Crippen molar-refractivity contribution in [2.45, 2.75) is 13.5 Å². The molecular weight excluding hydrogens is 342 g/mol. The first-order chi connectivity index (χ1) is 13.2. The Labute approximate surface area is 155 Å². The number of aryl methyl sites for hydroxylation is 1. The fraction of sp³-hybridized carbons (Fsp3) is 0.105. The first-order valence-corrected chi connectivity index (χ1v) is 8.42. The zero-order valence-corrected chi connectivity index (χ0v) is 14.6. The highest BCUT2D eigenvalue weighted by atomic mass is 16.1. The molecule has 0 saturated heterocycles. The summed E-state index contributed by atoms with van der Waals surface area (Å²) in [6, 6.07) is 18.9. The average Bonchev–Trinajstić information content (AvgIpc) is 3.33. The highest BCUT2D eigenvalue weighted by molar-refractivity contribution is 6.04. The molecule has 0 bridgehead atoms. The maximum Gasteiger partial charge on any atom is 0.256 e. The van der Waals surface area contributed by atoms with Crippen molar-refractivity contribution in [1.82, 2.24) is 30.0 Å². The van der Waals surface area contributed by atoms with Gasteiger partial charge in [0.25, 0.3) is 5.91 Å². The van der Waals surface area contributed by atoms with E-state index in [-0.39, 0.29) is 5.91 Å². The van der Waals surface area contributed by atoms with Crippen LogP contribution in [0.5, 0.6) is 0 Å². The Kier molecular flexibility index (Phi) is 4.44. The highest BCUT2D eigenvalue weighted by Gasteiger charge is 2.12. The summed E-state index contributed by atoms with van der Waals surface area (Å²) >= 11 is 0. The van der Waals surface area contributed by atoms with Crippen LogP contribution in [-0.2, 0) is 6.54 Å².